The van der Waals surface area contributed by atoms with Gasteiger partial charge in [0, 0.05) is 24.2 Å². The molecule has 136 valence electrons. The van der Waals surface area contributed by atoms with Gasteiger partial charge in [0.25, 0.3) is 5.91 Å². The second kappa shape index (κ2) is 6.13. The molecule has 5 nitrogen and oxygen atoms in total. The molecule has 0 aliphatic carbocycles. The third-order valence-corrected chi connectivity index (χ3v) is 5.84. The number of aryl methyl sites for hydroxylation is 1. The van der Waals surface area contributed by atoms with Gasteiger partial charge in [-0.15, -0.1) is 0 Å². The zero-order valence-electron chi connectivity index (χ0n) is 15.6. The minimum absolute atomic E-state index is 0.0459. The number of hydrogen-bond acceptors (Lipinski definition) is 4. The van der Waals surface area contributed by atoms with Crippen molar-refractivity contribution in [2.45, 2.75) is 25.3 Å². The van der Waals surface area contributed by atoms with Crippen LogP contribution in [0, 0.1) is 6.92 Å². The predicted octanol–water partition coefficient (Wildman–Crippen LogP) is 3.39. The number of likely N-dealkylation sites (N-methyl/N-ethyl adjacent to an activating group) is 1. The van der Waals surface area contributed by atoms with E-state index in [9.17, 15) is 4.79 Å². The van der Waals surface area contributed by atoms with E-state index in [-0.39, 0.29) is 11.9 Å². The zero-order chi connectivity index (χ0) is 18.5. The third kappa shape index (κ3) is 2.61. The lowest BCUT2D eigenvalue weighted by molar-refractivity contribution is 0.0960. The van der Waals surface area contributed by atoms with Crippen LogP contribution in [0.4, 0.5) is 5.69 Å². The summed E-state index contributed by atoms with van der Waals surface area (Å²) in [5.41, 5.74) is 5.54. The molecule has 2 aliphatic heterocycles. The third-order valence-electron chi connectivity index (χ3n) is 5.84. The number of piperidine rings is 1. The van der Waals surface area contributed by atoms with Crippen molar-refractivity contribution in [3.8, 4) is 0 Å². The summed E-state index contributed by atoms with van der Waals surface area (Å²) in [7, 11) is 2.16. The molecule has 1 saturated heterocycles. The van der Waals surface area contributed by atoms with Crippen molar-refractivity contribution >= 4 is 22.6 Å². The summed E-state index contributed by atoms with van der Waals surface area (Å²) in [5, 5.41) is 0. The SMILES string of the molecule is Cc1ccc2c(c1)[C@H]1CN(C)CC[C@H]1N2C(=O)c1cnc2ccccc2n1. The highest BCUT2D eigenvalue weighted by Crippen LogP contribution is 2.45. The maximum absolute atomic E-state index is 13.5. The standard InChI is InChI=1S/C22H22N4O/c1-14-7-8-20-15(11-14)16-13-25(2)10-9-21(16)26(20)22(27)19-12-23-17-5-3-4-6-18(17)24-19/h3-8,11-12,16,21H,9-10,13H2,1-2H3/t16-,21-/m1/s1. The Morgan fingerprint density at radius 2 is 1.96 bits per heavy atom. The molecule has 2 aliphatic rings. The summed E-state index contributed by atoms with van der Waals surface area (Å²) in [6, 6.07) is 14.3. The molecule has 5 heteroatoms. The van der Waals surface area contributed by atoms with Crippen LogP contribution in [0.3, 0.4) is 0 Å². The van der Waals surface area contributed by atoms with Crippen molar-refractivity contribution in [1.82, 2.24) is 14.9 Å². The molecule has 5 rings (SSSR count). The first-order valence-electron chi connectivity index (χ1n) is 9.46. The van der Waals surface area contributed by atoms with Crippen LogP contribution >= 0.6 is 0 Å². The molecule has 2 atom stereocenters. The Hall–Kier alpha value is -2.79. The summed E-state index contributed by atoms with van der Waals surface area (Å²) >= 11 is 0. The van der Waals surface area contributed by atoms with E-state index in [2.05, 4.69) is 47.0 Å². The van der Waals surface area contributed by atoms with Crippen molar-refractivity contribution in [2.24, 2.45) is 0 Å². The van der Waals surface area contributed by atoms with Crippen molar-refractivity contribution < 1.29 is 4.79 Å². The second-order valence-corrected chi connectivity index (χ2v) is 7.71. The van der Waals surface area contributed by atoms with Gasteiger partial charge in [-0.05, 0) is 50.7 Å². The van der Waals surface area contributed by atoms with Gasteiger partial charge in [-0.25, -0.2) is 4.98 Å². The highest BCUT2D eigenvalue weighted by Gasteiger charge is 2.44. The van der Waals surface area contributed by atoms with Crippen LogP contribution in [0.5, 0.6) is 0 Å². The molecule has 0 unspecified atom stereocenters. The molecule has 0 spiro atoms. The van der Waals surface area contributed by atoms with Gasteiger partial charge in [-0.1, -0.05) is 29.8 Å². The second-order valence-electron chi connectivity index (χ2n) is 7.71. The molecule has 0 bridgehead atoms. The number of aromatic nitrogens is 2. The molecular weight excluding hydrogens is 336 g/mol. The van der Waals surface area contributed by atoms with Crippen LogP contribution in [-0.2, 0) is 0 Å². The van der Waals surface area contributed by atoms with Crippen molar-refractivity contribution in [3.63, 3.8) is 0 Å². The largest absolute Gasteiger partial charge is 0.306 e. The van der Waals surface area contributed by atoms with Crippen LogP contribution in [0.25, 0.3) is 11.0 Å². The monoisotopic (exact) mass is 358 g/mol. The average Bonchev–Trinajstić information content (AvgIpc) is 3.00. The zero-order valence-corrected chi connectivity index (χ0v) is 15.6. The van der Waals surface area contributed by atoms with Crippen molar-refractivity contribution in [3.05, 3.63) is 65.5 Å². The Morgan fingerprint density at radius 3 is 2.81 bits per heavy atom. The summed E-state index contributed by atoms with van der Waals surface area (Å²) in [5.74, 6) is 0.312. The average molecular weight is 358 g/mol. The molecule has 0 N–H and O–H groups in total. The highest BCUT2D eigenvalue weighted by atomic mass is 16.2. The Morgan fingerprint density at radius 1 is 1.15 bits per heavy atom. The number of benzene rings is 2. The van der Waals surface area contributed by atoms with E-state index < -0.39 is 0 Å². The molecule has 1 fully saturated rings. The molecule has 0 radical (unpaired) electrons. The smallest absolute Gasteiger partial charge is 0.278 e. The summed E-state index contributed by atoms with van der Waals surface area (Å²) in [6.45, 7) is 4.09. The Bertz CT molecular complexity index is 1050. The van der Waals surface area contributed by atoms with E-state index in [1.807, 2.05) is 29.2 Å². The van der Waals surface area contributed by atoms with E-state index in [1.165, 1.54) is 11.1 Å². The fraction of sp³-hybridized carbons (Fsp3) is 0.318. The quantitative estimate of drug-likeness (QED) is 0.669. The van der Waals surface area contributed by atoms with E-state index in [1.54, 1.807) is 6.20 Å². The first-order valence-corrected chi connectivity index (χ1v) is 9.46. The molecule has 27 heavy (non-hydrogen) atoms. The van der Waals surface area contributed by atoms with Crippen LogP contribution in [0.1, 0.15) is 34.0 Å². The Balaban J connectivity index is 1.59. The van der Waals surface area contributed by atoms with Gasteiger partial charge in [0.05, 0.1) is 17.2 Å². The number of carbonyl (C=O) groups is 1. The molecule has 2 aromatic carbocycles. The molecule has 0 saturated carbocycles. The fourth-order valence-corrected chi connectivity index (χ4v) is 4.53. The Kier molecular flexibility index (Phi) is 3.72. The van der Waals surface area contributed by atoms with E-state index in [0.717, 1.165) is 36.2 Å². The maximum Gasteiger partial charge on any atom is 0.278 e. The van der Waals surface area contributed by atoms with Crippen LogP contribution in [0.2, 0.25) is 0 Å². The molecule has 3 heterocycles. The van der Waals surface area contributed by atoms with Gasteiger partial charge in [0.1, 0.15) is 5.69 Å². The number of carbonyl (C=O) groups excluding carboxylic acids is 1. The number of anilines is 1. The normalized spacial score (nSPS) is 21.9. The lowest BCUT2D eigenvalue weighted by Gasteiger charge is -2.36. The molecule has 1 amide bonds. The van der Waals surface area contributed by atoms with E-state index >= 15 is 0 Å². The number of nitrogens with zero attached hydrogens (tertiary/aromatic N) is 4. The first-order chi connectivity index (χ1) is 13.1. The number of hydrogen-bond donors (Lipinski definition) is 0. The number of fused-ring (bicyclic) bond motifs is 4. The van der Waals surface area contributed by atoms with Crippen LogP contribution < -0.4 is 4.90 Å². The lowest BCUT2D eigenvalue weighted by Crippen LogP contribution is -2.47. The van der Waals surface area contributed by atoms with Gasteiger partial charge in [-0.3, -0.25) is 9.78 Å². The van der Waals surface area contributed by atoms with Crippen LogP contribution in [-0.4, -0.2) is 47.0 Å². The van der Waals surface area contributed by atoms with Crippen LogP contribution in [0.15, 0.2) is 48.7 Å². The lowest BCUT2D eigenvalue weighted by atomic mass is 9.89. The van der Waals surface area contributed by atoms with E-state index in [4.69, 9.17) is 0 Å². The van der Waals surface area contributed by atoms with E-state index in [0.29, 0.717) is 11.6 Å². The van der Waals surface area contributed by atoms with Gasteiger partial charge < -0.3 is 9.80 Å². The minimum atomic E-state index is -0.0459. The first kappa shape index (κ1) is 16.4. The van der Waals surface area contributed by atoms with Gasteiger partial charge in [0.15, 0.2) is 0 Å². The molecule has 3 aromatic rings. The topological polar surface area (TPSA) is 49.3 Å². The van der Waals surface area contributed by atoms with Crippen molar-refractivity contribution in [1.29, 1.82) is 0 Å². The number of para-hydroxylation sites is 2. The fourth-order valence-electron chi connectivity index (χ4n) is 4.53. The predicted molar refractivity (Wildman–Crippen MR) is 106 cm³/mol. The summed E-state index contributed by atoms with van der Waals surface area (Å²) < 4.78 is 0. The maximum atomic E-state index is 13.5. The van der Waals surface area contributed by atoms with Gasteiger partial charge in [0.2, 0.25) is 0 Å². The van der Waals surface area contributed by atoms with Gasteiger partial charge >= 0.3 is 0 Å². The number of amides is 1. The van der Waals surface area contributed by atoms with Gasteiger partial charge in [-0.2, -0.15) is 0 Å². The number of rotatable bonds is 1. The minimum Gasteiger partial charge on any atom is -0.306 e. The summed E-state index contributed by atoms with van der Waals surface area (Å²) in [6.07, 6.45) is 2.59. The molecule has 1 aromatic heterocycles. The number of likely N-dealkylation sites (tertiary alicyclic amines) is 1. The van der Waals surface area contributed by atoms with Crippen molar-refractivity contribution in [2.75, 3.05) is 25.0 Å². The highest BCUT2D eigenvalue weighted by molar-refractivity contribution is 6.07. The summed E-state index contributed by atoms with van der Waals surface area (Å²) in [4.78, 5) is 26.9. The Labute approximate surface area is 158 Å². The molecular formula is C22H22N4O.